The van der Waals surface area contributed by atoms with Crippen molar-refractivity contribution >= 4 is 11.6 Å². The summed E-state index contributed by atoms with van der Waals surface area (Å²) in [4.78, 5) is 4.51. The van der Waals surface area contributed by atoms with Crippen LogP contribution in [0.4, 0.5) is 0 Å². The summed E-state index contributed by atoms with van der Waals surface area (Å²) in [5, 5.41) is 7.80. The number of aromatic amines is 1. The van der Waals surface area contributed by atoms with Gasteiger partial charge in [-0.3, -0.25) is 5.10 Å². The van der Waals surface area contributed by atoms with Gasteiger partial charge in [-0.05, 0) is 29.8 Å². The fraction of sp³-hybridized carbons (Fsp3) is 0.222. The maximum atomic E-state index is 6.27. The van der Waals surface area contributed by atoms with Crippen molar-refractivity contribution in [3.05, 3.63) is 52.8 Å². The van der Waals surface area contributed by atoms with Gasteiger partial charge in [-0.15, -0.1) is 0 Å². The predicted molar refractivity (Wildman–Crippen MR) is 99.0 cm³/mol. The number of ether oxygens (including phenoxy) is 3. The molecule has 0 saturated carbocycles. The first-order chi connectivity index (χ1) is 12.6. The number of hydrogen-bond acceptors (Lipinski definition) is 6. The fourth-order valence-corrected chi connectivity index (χ4v) is 2.71. The van der Waals surface area contributed by atoms with Crippen LogP contribution in [0.25, 0.3) is 11.4 Å². The summed E-state index contributed by atoms with van der Waals surface area (Å²) < 4.78 is 16.1. The molecule has 7 nitrogen and oxygen atoms in total. The lowest BCUT2D eigenvalue weighted by molar-refractivity contribution is 0.324. The van der Waals surface area contributed by atoms with Gasteiger partial charge in [-0.2, -0.15) is 5.10 Å². The summed E-state index contributed by atoms with van der Waals surface area (Å²) in [6.07, 6.45) is 0. The smallest absolute Gasteiger partial charge is 0.203 e. The Morgan fingerprint density at radius 1 is 1.00 bits per heavy atom. The molecule has 0 fully saturated rings. The molecule has 1 atom stereocenters. The molecule has 0 radical (unpaired) electrons. The highest BCUT2D eigenvalue weighted by atomic mass is 35.5. The third kappa shape index (κ3) is 3.44. The van der Waals surface area contributed by atoms with E-state index in [0.29, 0.717) is 39.5 Å². The van der Waals surface area contributed by atoms with Gasteiger partial charge in [0.1, 0.15) is 5.82 Å². The minimum Gasteiger partial charge on any atom is -0.493 e. The summed E-state index contributed by atoms with van der Waals surface area (Å²) in [5.41, 5.74) is 7.86. The van der Waals surface area contributed by atoms with E-state index in [-0.39, 0.29) is 0 Å². The molecule has 3 aromatic rings. The molecule has 0 unspecified atom stereocenters. The zero-order valence-corrected chi connectivity index (χ0v) is 15.4. The number of methoxy groups -OCH3 is 3. The van der Waals surface area contributed by atoms with Gasteiger partial charge in [0.2, 0.25) is 5.75 Å². The Balaban J connectivity index is 1.95. The zero-order valence-electron chi connectivity index (χ0n) is 14.6. The molecule has 1 aromatic heterocycles. The van der Waals surface area contributed by atoms with Crippen LogP contribution in [-0.2, 0) is 0 Å². The van der Waals surface area contributed by atoms with Crippen LogP contribution >= 0.6 is 11.6 Å². The maximum absolute atomic E-state index is 6.27. The van der Waals surface area contributed by atoms with Crippen molar-refractivity contribution in [2.24, 2.45) is 5.73 Å². The molecule has 0 aliphatic carbocycles. The third-order valence-corrected chi connectivity index (χ3v) is 4.20. The van der Waals surface area contributed by atoms with Crippen LogP contribution in [0.15, 0.2) is 36.4 Å². The monoisotopic (exact) mass is 374 g/mol. The van der Waals surface area contributed by atoms with Crippen molar-refractivity contribution in [1.29, 1.82) is 0 Å². The normalized spacial score (nSPS) is 11.9. The minimum absolute atomic E-state index is 0.449. The summed E-state index contributed by atoms with van der Waals surface area (Å²) in [6, 6.07) is 10.4. The van der Waals surface area contributed by atoms with Gasteiger partial charge < -0.3 is 19.9 Å². The molecule has 136 valence electrons. The van der Waals surface area contributed by atoms with Gasteiger partial charge in [0.15, 0.2) is 17.3 Å². The topological polar surface area (TPSA) is 95.3 Å². The van der Waals surface area contributed by atoms with Crippen molar-refractivity contribution in [1.82, 2.24) is 15.2 Å². The molecule has 3 N–H and O–H groups in total. The van der Waals surface area contributed by atoms with Crippen molar-refractivity contribution in [3.8, 4) is 28.6 Å². The number of nitrogens with zero attached hydrogens (tertiary/aromatic N) is 2. The number of H-pyrrole nitrogens is 1. The zero-order chi connectivity index (χ0) is 18.7. The molecule has 8 heteroatoms. The minimum atomic E-state index is -0.449. The highest BCUT2D eigenvalue weighted by molar-refractivity contribution is 6.30. The molecule has 2 aromatic carbocycles. The Morgan fingerprint density at radius 3 is 2.15 bits per heavy atom. The Kier molecular flexibility index (Phi) is 5.29. The summed E-state index contributed by atoms with van der Waals surface area (Å²) in [6.45, 7) is 0. The van der Waals surface area contributed by atoms with Gasteiger partial charge in [0.25, 0.3) is 0 Å². The number of hydrogen-bond donors (Lipinski definition) is 2. The van der Waals surface area contributed by atoms with E-state index >= 15 is 0 Å². The lowest BCUT2D eigenvalue weighted by atomic mass is 10.1. The molecule has 0 aliphatic heterocycles. The first-order valence-corrected chi connectivity index (χ1v) is 8.19. The summed E-state index contributed by atoms with van der Waals surface area (Å²) in [5.74, 6) is 2.57. The Labute approximate surface area is 156 Å². The average Bonchev–Trinajstić information content (AvgIpc) is 3.17. The molecular formula is C18H19ClN4O3. The third-order valence-electron chi connectivity index (χ3n) is 3.95. The molecule has 0 spiro atoms. The highest BCUT2D eigenvalue weighted by Gasteiger charge is 2.18. The first kappa shape index (κ1) is 18.0. The van der Waals surface area contributed by atoms with Crippen molar-refractivity contribution in [3.63, 3.8) is 0 Å². The second-order valence-electron chi connectivity index (χ2n) is 5.49. The van der Waals surface area contributed by atoms with E-state index in [9.17, 15) is 0 Å². The predicted octanol–water partition coefficient (Wildman–Crippen LogP) is 3.20. The molecule has 0 saturated heterocycles. The van der Waals surface area contributed by atoms with Gasteiger partial charge in [-0.1, -0.05) is 23.7 Å². The van der Waals surface area contributed by atoms with Crippen LogP contribution in [0.5, 0.6) is 17.2 Å². The fourth-order valence-electron chi connectivity index (χ4n) is 2.58. The van der Waals surface area contributed by atoms with E-state index in [1.807, 2.05) is 12.1 Å². The number of nitrogens with one attached hydrogen (secondary N) is 1. The van der Waals surface area contributed by atoms with Gasteiger partial charge in [-0.25, -0.2) is 4.98 Å². The van der Waals surface area contributed by atoms with Crippen LogP contribution < -0.4 is 19.9 Å². The van der Waals surface area contributed by atoms with Gasteiger partial charge in [0.05, 0.1) is 27.4 Å². The molecule has 0 aliphatic rings. The Bertz CT molecular complexity index is 871. The van der Waals surface area contributed by atoms with Crippen LogP contribution in [0.1, 0.15) is 17.4 Å². The maximum Gasteiger partial charge on any atom is 0.203 e. The van der Waals surface area contributed by atoms with Crippen molar-refractivity contribution < 1.29 is 14.2 Å². The average molecular weight is 375 g/mol. The molecule has 0 bridgehead atoms. The summed E-state index contributed by atoms with van der Waals surface area (Å²) in [7, 11) is 4.66. The van der Waals surface area contributed by atoms with Crippen molar-refractivity contribution in [2.45, 2.75) is 6.04 Å². The van der Waals surface area contributed by atoms with Crippen LogP contribution in [0, 0.1) is 0 Å². The van der Waals surface area contributed by atoms with E-state index < -0.39 is 6.04 Å². The van der Waals surface area contributed by atoms with Crippen molar-refractivity contribution in [2.75, 3.05) is 21.3 Å². The lowest BCUT2D eigenvalue weighted by Gasteiger charge is -2.13. The highest BCUT2D eigenvalue weighted by Crippen LogP contribution is 2.40. The second kappa shape index (κ2) is 7.63. The summed E-state index contributed by atoms with van der Waals surface area (Å²) >= 11 is 5.92. The van der Waals surface area contributed by atoms with E-state index in [1.54, 1.807) is 45.6 Å². The standard InChI is InChI=1S/C18H19ClN4O3/c1-24-13-8-11(9-14(25-2)16(13)26-3)17-21-18(23-22-17)15(20)10-4-6-12(19)7-5-10/h4-9,15H,20H2,1-3H3,(H,21,22,23)/t15-/m0/s1. The Hall–Kier alpha value is -2.77. The Morgan fingerprint density at radius 2 is 1.62 bits per heavy atom. The molecule has 1 heterocycles. The first-order valence-electron chi connectivity index (χ1n) is 7.81. The molecule has 26 heavy (non-hydrogen) atoms. The van der Waals surface area contributed by atoms with E-state index in [1.165, 1.54) is 0 Å². The van der Waals surface area contributed by atoms with Crippen LogP contribution in [-0.4, -0.2) is 36.5 Å². The quantitative estimate of drug-likeness (QED) is 0.688. The van der Waals surface area contributed by atoms with Crippen LogP contribution in [0.3, 0.4) is 0 Å². The number of halogens is 1. The van der Waals surface area contributed by atoms with E-state index in [0.717, 1.165) is 5.56 Å². The molecule has 0 amide bonds. The van der Waals surface area contributed by atoms with Gasteiger partial charge in [0, 0.05) is 10.6 Å². The SMILES string of the molecule is COc1cc(-c2n[nH]c([C@@H](N)c3ccc(Cl)cc3)n2)cc(OC)c1OC. The van der Waals surface area contributed by atoms with Gasteiger partial charge >= 0.3 is 0 Å². The molecular weight excluding hydrogens is 356 g/mol. The number of aromatic nitrogens is 3. The largest absolute Gasteiger partial charge is 0.493 e. The van der Waals surface area contributed by atoms with Crippen LogP contribution in [0.2, 0.25) is 5.02 Å². The van der Waals surface area contributed by atoms with E-state index in [2.05, 4.69) is 15.2 Å². The molecule has 3 rings (SSSR count). The van der Waals surface area contributed by atoms with E-state index in [4.69, 9.17) is 31.5 Å². The lowest BCUT2D eigenvalue weighted by Crippen LogP contribution is -2.13. The number of rotatable bonds is 6. The second-order valence-corrected chi connectivity index (χ2v) is 5.92. The number of nitrogens with two attached hydrogens (primary N) is 1. The number of benzene rings is 2.